The minimum atomic E-state index is -4.25. The van der Waals surface area contributed by atoms with Crippen LogP contribution in [0.25, 0.3) is 0 Å². The Kier molecular flexibility index (Phi) is 3.64. The van der Waals surface area contributed by atoms with Crippen molar-refractivity contribution in [2.75, 3.05) is 6.54 Å². The summed E-state index contributed by atoms with van der Waals surface area (Å²) in [5, 5.41) is 0. The summed E-state index contributed by atoms with van der Waals surface area (Å²) in [6, 6.07) is -0.434. The summed E-state index contributed by atoms with van der Waals surface area (Å²) >= 11 is 0. The first-order valence-electron chi connectivity index (χ1n) is 5.57. The molecule has 0 saturated carbocycles. The molecule has 1 heterocycles. The lowest BCUT2D eigenvalue weighted by molar-refractivity contribution is -0.170. The molecule has 0 aliphatic carbocycles. The molecule has 17 heavy (non-hydrogen) atoms. The Morgan fingerprint density at radius 3 is 2.18 bits per heavy atom. The van der Waals surface area contributed by atoms with E-state index in [-0.39, 0.29) is 13.0 Å². The first-order valence-corrected chi connectivity index (χ1v) is 5.57. The van der Waals surface area contributed by atoms with Gasteiger partial charge < -0.3 is 9.64 Å². The van der Waals surface area contributed by atoms with Crippen molar-refractivity contribution in [3.05, 3.63) is 0 Å². The molecule has 1 unspecified atom stereocenters. The molecule has 1 rings (SSSR count). The molecule has 0 bridgehead atoms. The van der Waals surface area contributed by atoms with E-state index < -0.39 is 29.8 Å². The van der Waals surface area contributed by atoms with Crippen molar-refractivity contribution in [2.24, 2.45) is 5.92 Å². The number of nitrogens with zero attached hydrogens (tertiary/aromatic N) is 1. The maximum absolute atomic E-state index is 12.5. The summed E-state index contributed by atoms with van der Waals surface area (Å²) in [5.74, 6) is -1.44. The normalized spacial score (nSPS) is 26.2. The van der Waals surface area contributed by atoms with Crippen LogP contribution in [-0.2, 0) is 4.74 Å². The summed E-state index contributed by atoms with van der Waals surface area (Å²) in [5.41, 5.74) is -0.687. The Hall–Kier alpha value is -0.940. The molecule has 0 spiro atoms. The quantitative estimate of drug-likeness (QED) is 0.663. The molecule has 100 valence electrons. The number of rotatable bonds is 0. The number of hydrogen-bond acceptors (Lipinski definition) is 2. The van der Waals surface area contributed by atoms with Crippen LogP contribution in [0.2, 0.25) is 0 Å². The van der Waals surface area contributed by atoms with Crippen LogP contribution in [0.5, 0.6) is 0 Å². The van der Waals surface area contributed by atoms with Crippen molar-refractivity contribution in [3.8, 4) is 0 Å². The highest BCUT2D eigenvalue weighted by atomic mass is 19.4. The van der Waals surface area contributed by atoms with Crippen LogP contribution in [0.3, 0.4) is 0 Å². The summed E-state index contributed by atoms with van der Waals surface area (Å²) in [7, 11) is 0. The molecule has 0 aromatic carbocycles. The van der Waals surface area contributed by atoms with E-state index in [1.165, 1.54) is 0 Å². The smallest absolute Gasteiger partial charge is 0.410 e. The highest BCUT2D eigenvalue weighted by Crippen LogP contribution is 2.36. The Morgan fingerprint density at radius 1 is 1.29 bits per heavy atom. The predicted molar refractivity (Wildman–Crippen MR) is 56.6 cm³/mol. The van der Waals surface area contributed by atoms with Gasteiger partial charge in [-0.3, -0.25) is 0 Å². The van der Waals surface area contributed by atoms with Gasteiger partial charge in [-0.25, -0.2) is 4.79 Å². The molecule has 1 aliphatic rings. The number of likely N-dealkylation sites (tertiary alicyclic amines) is 1. The lowest BCUT2D eigenvalue weighted by Gasteiger charge is -2.27. The molecule has 3 nitrogen and oxygen atoms in total. The van der Waals surface area contributed by atoms with E-state index in [2.05, 4.69) is 0 Å². The molecule has 0 aromatic rings. The van der Waals surface area contributed by atoms with E-state index in [1.807, 2.05) is 0 Å². The summed E-state index contributed by atoms with van der Waals surface area (Å²) in [6.07, 6.45) is -4.97. The van der Waals surface area contributed by atoms with E-state index in [9.17, 15) is 18.0 Å². The minimum absolute atomic E-state index is 0.0528. The number of hydrogen-bond donors (Lipinski definition) is 0. The highest BCUT2D eigenvalue weighted by molar-refractivity contribution is 5.69. The van der Waals surface area contributed by atoms with Gasteiger partial charge in [-0.15, -0.1) is 0 Å². The molecule has 1 saturated heterocycles. The van der Waals surface area contributed by atoms with E-state index in [4.69, 9.17) is 4.74 Å². The fraction of sp³-hybridized carbons (Fsp3) is 0.909. The van der Waals surface area contributed by atoms with Crippen LogP contribution < -0.4 is 0 Å². The van der Waals surface area contributed by atoms with E-state index in [0.29, 0.717) is 0 Å². The lowest BCUT2D eigenvalue weighted by atomic mass is 10.1. The van der Waals surface area contributed by atoms with E-state index in [0.717, 1.165) is 4.90 Å². The summed E-state index contributed by atoms with van der Waals surface area (Å²) < 4.78 is 42.7. The second-order valence-electron chi connectivity index (χ2n) is 5.46. The van der Waals surface area contributed by atoms with E-state index >= 15 is 0 Å². The van der Waals surface area contributed by atoms with Crippen LogP contribution in [-0.4, -0.2) is 35.4 Å². The van der Waals surface area contributed by atoms with Crippen LogP contribution in [0.1, 0.15) is 34.1 Å². The third-order valence-electron chi connectivity index (χ3n) is 2.67. The van der Waals surface area contributed by atoms with Gasteiger partial charge in [-0.05, 0) is 34.1 Å². The fourth-order valence-electron chi connectivity index (χ4n) is 1.84. The summed E-state index contributed by atoms with van der Waals surface area (Å²) in [4.78, 5) is 12.8. The molecule has 2 atom stereocenters. The zero-order valence-electron chi connectivity index (χ0n) is 10.5. The van der Waals surface area contributed by atoms with Crippen molar-refractivity contribution in [3.63, 3.8) is 0 Å². The molecular weight excluding hydrogens is 235 g/mol. The standard InChI is InChI=1S/C11H18F3NO2/c1-7-5-8(11(12,13)14)6-15(7)9(16)17-10(2,3)4/h7-8H,5-6H2,1-4H3/t7?,8-/m1/s1. The second kappa shape index (κ2) is 4.38. The van der Waals surface area contributed by atoms with Crippen molar-refractivity contribution in [1.29, 1.82) is 0 Å². The predicted octanol–water partition coefficient (Wildman–Crippen LogP) is 3.19. The van der Waals surface area contributed by atoms with Gasteiger partial charge in [0.05, 0.1) is 5.92 Å². The van der Waals surface area contributed by atoms with Gasteiger partial charge in [0.15, 0.2) is 0 Å². The van der Waals surface area contributed by atoms with Gasteiger partial charge >= 0.3 is 12.3 Å². The molecule has 6 heteroatoms. The first kappa shape index (κ1) is 14.1. The molecule has 0 N–H and O–H groups in total. The van der Waals surface area contributed by atoms with Crippen LogP contribution >= 0.6 is 0 Å². The van der Waals surface area contributed by atoms with Gasteiger partial charge in [0, 0.05) is 12.6 Å². The van der Waals surface area contributed by atoms with Crippen LogP contribution in [0.4, 0.5) is 18.0 Å². The molecule has 0 radical (unpaired) electrons. The van der Waals surface area contributed by atoms with Crippen molar-refractivity contribution < 1.29 is 22.7 Å². The third kappa shape index (κ3) is 3.78. The number of amides is 1. The van der Waals surface area contributed by atoms with Crippen molar-refractivity contribution in [2.45, 2.75) is 51.9 Å². The number of alkyl halides is 3. The second-order valence-corrected chi connectivity index (χ2v) is 5.46. The fourth-order valence-corrected chi connectivity index (χ4v) is 1.84. The molecule has 1 aliphatic heterocycles. The van der Waals surface area contributed by atoms with Crippen LogP contribution in [0.15, 0.2) is 0 Å². The minimum Gasteiger partial charge on any atom is -0.444 e. The number of carbonyl (C=O) groups is 1. The van der Waals surface area contributed by atoms with Gasteiger partial charge in [0.2, 0.25) is 0 Å². The van der Waals surface area contributed by atoms with Gasteiger partial charge in [0.25, 0.3) is 0 Å². The zero-order chi connectivity index (χ0) is 13.4. The number of carbonyl (C=O) groups excluding carboxylic acids is 1. The topological polar surface area (TPSA) is 29.5 Å². The average molecular weight is 253 g/mol. The van der Waals surface area contributed by atoms with Crippen LogP contribution in [0, 0.1) is 5.92 Å². The average Bonchev–Trinajstić information content (AvgIpc) is 2.42. The van der Waals surface area contributed by atoms with Gasteiger partial charge in [-0.2, -0.15) is 13.2 Å². The van der Waals surface area contributed by atoms with Gasteiger partial charge in [0.1, 0.15) is 5.60 Å². The third-order valence-corrected chi connectivity index (χ3v) is 2.67. The Bertz CT molecular complexity index is 296. The summed E-state index contributed by atoms with van der Waals surface area (Å²) in [6.45, 7) is 6.36. The SMILES string of the molecule is CC1C[C@@H](C(F)(F)F)CN1C(=O)OC(C)(C)C. The lowest BCUT2D eigenvalue weighted by Crippen LogP contribution is -2.39. The van der Waals surface area contributed by atoms with Gasteiger partial charge in [-0.1, -0.05) is 0 Å². The Balaban J connectivity index is 2.65. The maximum atomic E-state index is 12.5. The zero-order valence-corrected chi connectivity index (χ0v) is 10.5. The highest BCUT2D eigenvalue weighted by Gasteiger charge is 2.48. The first-order chi connectivity index (χ1) is 7.50. The van der Waals surface area contributed by atoms with Crippen molar-refractivity contribution >= 4 is 6.09 Å². The molecular formula is C11H18F3NO2. The Labute approximate surface area is 98.9 Å². The van der Waals surface area contributed by atoms with Crippen molar-refractivity contribution in [1.82, 2.24) is 4.90 Å². The molecule has 1 amide bonds. The maximum Gasteiger partial charge on any atom is 0.410 e. The molecule has 1 fully saturated rings. The number of ether oxygens (including phenoxy) is 1. The number of halogens is 3. The monoisotopic (exact) mass is 253 g/mol. The Morgan fingerprint density at radius 2 is 1.82 bits per heavy atom. The molecule has 0 aromatic heterocycles. The van der Waals surface area contributed by atoms with E-state index in [1.54, 1.807) is 27.7 Å². The largest absolute Gasteiger partial charge is 0.444 e.